The minimum atomic E-state index is -0.521. The Hall–Kier alpha value is -1.40. The van der Waals surface area contributed by atoms with Crippen LogP contribution in [0.4, 0.5) is 5.82 Å². The second-order valence-corrected chi connectivity index (χ2v) is 7.41. The number of nitrogens with zero attached hydrogens (tertiary/aromatic N) is 3. The summed E-state index contributed by atoms with van der Waals surface area (Å²) in [4.78, 5) is 13.9. The fourth-order valence-electron chi connectivity index (χ4n) is 4.02. The minimum Gasteiger partial charge on any atom is -0.389 e. The molecule has 1 saturated heterocycles. The number of aliphatic hydroxyl groups is 1. The van der Waals surface area contributed by atoms with Crippen molar-refractivity contribution in [2.24, 2.45) is 7.05 Å². The molecule has 2 N–H and O–H groups in total. The summed E-state index contributed by atoms with van der Waals surface area (Å²) in [6, 6.07) is 3.79. The van der Waals surface area contributed by atoms with Crippen LogP contribution in [0, 0.1) is 0 Å². The molecule has 2 aliphatic rings. The van der Waals surface area contributed by atoms with Crippen LogP contribution in [-0.4, -0.2) is 46.2 Å². The number of nitrogens with one attached hydrogen (secondary N) is 1. The topological polar surface area (TPSA) is 70.4 Å². The van der Waals surface area contributed by atoms with E-state index in [-0.39, 0.29) is 5.56 Å². The largest absolute Gasteiger partial charge is 0.389 e. The van der Waals surface area contributed by atoms with E-state index in [0.29, 0.717) is 12.6 Å². The molecule has 1 atom stereocenters. The average Bonchev–Trinajstić information content (AvgIpc) is 2.58. The first kappa shape index (κ1) is 17.4. The molecular formula is C18H30N4O2. The van der Waals surface area contributed by atoms with Gasteiger partial charge in [0.05, 0.1) is 5.60 Å². The standard InChI is InChI=1S/C18H30N4O2/c1-21-17(23)9-8-16(20-21)22-12-6-3-7-15(22)13-19-14-18(24)10-4-2-5-11-18/h8-9,15,19,24H,2-7,10-14H2,1H3. The average molecular weight is 334 g/mol. The Kier molecular flexibility index (Phi) is 5.56. The van der Waals surface area contributed by atoms with Crippen molar-refractivity contribution >= 4 is 5.82 Å². The van der Waals surface area contributed by atoms with Crippen LogP contribution in [0.2, 0.25) is 0 Å². The van der Waals surface area contributed by atoms with Crippen LogP contribution in [0.5, 0.6) is 0 Å². The van der Waals surface area contributed by atoms with E-state index in [9.17, 15) is 9.90 Å². The van der Waals surface area contributed by atoms with Crippen molar-refractivity contribution in [3.63, 3.8) is 0 Å². The lowest BCUT2D eigenvalue weighted by atomic mass is 9.85. The molecule has 0 bridgehead atoms. The Morgan fingerprint density at radius 3 is 2.79 bits per heavy atom. The number of aryl methyl sites for hydroxylation is 1. The molecule has 24 heavy (non-hydrogen) atoms. The van der Waals surface area contributed by atoms with Crippen molar-refractivity contribution < 1.29 is 5.11 Å². The molecule has 1 unspecified atom stereocenters. The first-order valence-electron chi connectivity index (χ1n) is 9.32. The molecule has 6 nitrogen and oxygen atoms in total. The molecule has 0 amide bonds. The van der Waals surface area contributed by atoms with E-state index in [1.54, 1.807) is 13.1 Å². The van der Waals surface area contributed by atoms with Gasteiger partial charge in [0.25, 0.3) is 5.56 Å². The van der Waals surface area contributed by atoms with E-state index < -0.39 is 5.60 Å². The van der Waals surface area contributed by atoms with Gasteiger partial charge in [0.2, 0.25) is 0 Å². The highest BCUT2D eigenvalue weighted by molar-refractivity contribution is 5.38. The minimum absolute atomic E-state index is 0.0787. The Bertz CT molecular complexity index is 595. The predicted octanol–water partition coefficient (Wildman–Crippen LogP) is 1.42. The van der Waals surface area contributed by atoms with E-state index in [4.69, 9.17) is 0 Å². The molecular weight excluding hydrogens is 304 g/mol. The molecule has 0 aromatic carbocycles. The molecule has 1 saturated carbocycles. The molecule has 2 heterocycles. The SMILES string of the molecule is Cn1nc(N2CCCCC2CNCC2(O)CCCCC2)ccc1=O. The van der Waals surface area contributed by atoms with E-state index in [2.05, 4.69) is 15.3 Å². The van der Waals surface area contributed by atoms with Gasteiger partial charge in [0.15, 0.2) is 0 Å². The van der Waals surface area contributed by atoms with Gasteiger partial charge in [-0.05, 0) is 38.2 Å². The zero-order valence-corrected chi connectivity index (χ0v) is 14.7. The van der Waals surface area contributed by atoms with Gasteiger partial charge in [0, 0.05) is 38.8 Å². The molecule has 1 aromatic rings. The van der Waals surface area contributed by atoms with Gasteiger partial charge in [-0.2, -0.15) is 5.10 Å². The van der Waals surface area contributed by atoms with Gasteiger partial charge in [-0.25, -0.2) is 4.68 Å². The Morgan fingerprint density at radius 2 is 2.04 bits per heavy atom. The van der Waals surface area contributed by atoms with Gasteiger partial charge >= 0.3 is 0 Å². The second kappa shape index (κ2) is 7.66. The van der Waals surface area contributed by atoms with Crippen molar-refractivity contribution in [2.75, 3.05) is 24.5 Å². The van der Waals surface area contributed by atoms with Crippen molar-refractivity contribution in [1.29, 1.82) is 0 Å². The van der Waals surface area contributed by atoms with Gasteiger partial charge in [-0.15, -0.1) is 0 Å². The van der Waals surface area contributed by atoms with Gasteiger partial charge < -0.3 is 15.3 Å². The lowest BCUT2D eigenvalue weighted by molar-refractivity contribution is 0.00469. The summed E-state index contributed by atoms with van der Waals surface area (Å²) in [7, 11) is 1.70. The Labute approximate surface area is 143 Å². The van der Waals surface area contributed by atoms with Crippen LogP contribution >= 0.6 is 0 Å². The quantitative estimate of drug-likeness (QED) is 0.852. The van der Waals surface area contributed by atoms with Crippen molar-refractivity contribution in [3.05, 3.63) is 22.5 Å². The number of piperidine rings is 1. The molecule has 1 aliphatic heterocycles. The number of aromatic nitrogens is 2. The fraction of sp³-hybridized carbons (Fsp3) is 0.778. The normalized spacial score (nSPS) is 24.1. The molecule has 3 rings (SSSR count). The number of hydrogen-bond donors (Lipinski definition) is 2. The molecule has 1 aliphatic carbocycles. The van der Waals surface area contributed by atoms with E-state index in [0.717, 1.165) is 57.4 Å². The first-order chi connectivity index (χ1) is 11.6. The first-order valence-corrected chi connectivity index (χ1v) is 9.32. The van der Waals surface area contributed by atoms with Crippen LogP contribution < -0.4 is 15.8 Å². The highest BCUT2D eigenvalue weighted by Gasteiger charge is 2.30. The number of rotatable bonds is 5. The summed E-state index contributed by atoms with van der Waals surface area (Å²) in [6.07, 6.45) is 8.84. The summed E-state index contributed by atoms with van der Waals surface area (Å²) in [5, 5.41) is 18.5. The summed E-state index contributed by atoms with van der Waals surface area (Å²) in [6.45, 7) is 2.51. The lowest BCUT2D eigenvalue weighted by Gasteiger charge is -2.38. The summed E-state index contributed by atoms with van der Waals surface area (Å²) in [5.41, 5.74) is -0.600. The van der Waals surface area contributed by atoms with E-state index in [1.807, 2.05) is 6.07 Å². The maximum absolute atomic E-state index is 11.6. The van der Waals surface area contributed by atoms with E-state index in [1.165, 1.54) is 17.5 Å². The summed E-state index contributed by atoms with van der Waals surface area (Å²) < 4.78 is 1.40. The van der Waals surface area contributed by atoms with Gasteiger partial charge in [-0.1, -0.05) is 19.3 Å². The molecule has 2 fully saturated rings. The monoisotopic (exact) mass is 334 g/mol. The third kappa shape index (κ3) is 4.16. The van der Waals surface area contributed by atoms with Crippen LogP contribution in [0.3, 0.4) is 0 Å². The third-order valence-electron chi connectivity index (χ3n) is 5.49. The van der Waals surface area contributed by atoms with Crippen molar-refractivity contribution in [1.82, 2.24) is 15.1 Å². The number of hydrogen-bond acceptors (Lipinski definition) is 5. The summed E-state index contributed by atoms with van der Waals surface area (Å²) >= 11 is 0. The molecule has 6 heteroatoms. The maximum atomic E-state index is 11.6. The highest BCUT2D eigenvalue weighted by Crippen LogP contribution is 2.27. The fourth-order valence-corrected chi connectivity index (χ4v) is 4.02. The van der Waals surface area contributed by atoms with E-state index >= 15 is 0 Å². The van der Waals surface area contributed by atoms with Crippen molar-refractivity contribution in [2.45, 2.75) is 63.0 Å². The smallest absolute Gasteiger partial charge is 0.266 e. The van der Waals surface area contributed by atoms with Gasteiger partial charge in [0.1, 0.15) is 5.82 Å². The van der Waals surface area contributed by atoms with Gasteiger partial charge in [-0.3, -0.25) is 4.79 Å². The molecule has 1 aromatic heterocycles. The maximum Gasteiger partial charge on any atom is 0.266 e. The third-order valence-corrected chi connectivity index (χ3v) is 5.49. The zero-order valence-electron chi connectivity index (χ0n) is 14.7. The lowest BCUT2D eigenvalue weighted by Crippen LogP contribution is -2.50. The van der Waals surface area contributed by atoms with Crippen molar-refractivity contribution in [3.8, 4) is 0 Å². The van der Waals surface area contributed by atoms with Crippen LogP contribution in [0.25, 0.3) is 0 Å². The molecule has 134 valence electrons. The summed E-state index contributed by atoms with van der Waals surface area (Å²) in [5.74, 6) is 0.875. The van der Waals surface area contributed by atoms with Crippen LogP contribution in [0.1, 0.15) is 51.4 Å². The Morgan fingerprint density at radius 1 is 1.25 bits per heavy atom. The number of anilines is 1. The zero-order chi connectivity index (χ0) is 17.0. The van der Waals surface area contributed by atoms with Crippen LogP contribution in [0.15, 0.2) is 16.9 Å². The highest BCUT2D eigenvalue weighted by atomic mass is 16.3. The van der Waals surface area contributed by atoms with Crippen LogP contribution in [-0.2, 0) is 7.05 Å². The molecule has 0 spiro atoms. The Balaban J connectivity index is 1.60. The molecule has 0 radical (unpaired) electrons. The second-order valence-electron chi connectivity index (χ2n) is 7.41. The predicted molar refractivity (Wildman–Crippen MR) is 95.4 cm³/mol.